The minimum absolute atomic E-state index is 0.122. The molecule has 3 aliphatic rings. The quantitative estimate of drug-likeness (QED) is 0.694. The molecule has 24 heavy (non-hydrogen) atoms. The Morgan fingerprint density at radius 1 is 1.21 bits per heavy atom. The van der Waals surface area contributed by atoms with Crippen LogP contribution in [0.4, 0.5) is 0 Å². The van der Waals surface area contributed by atoms with Gasteiger partial charge in [-0.1, -0.05) is 6.08 Å². The summed E-state index contributed by atoms with van der Waals surface area (Å²) in [6.45, 7) is 2.90. The molecule has 0 aromatic heterocycles. The molecule has 0 aromatic carbocycles. The number of rotatable bonds is 3. The van der Waals surface area contributed by atoms with Gasteiger partial charge in [0.2, 0.25) is 5.91 Å². The van der Waals surface area contributed by atoms with E-state index in [0.29, 0.717) is 18.5 Å². The van der Waals surface area contributed by atoms with Gasteiger partial charge in [-0.25, -0.2) is 0 Å². The minimum Gasteiger partial charge on any atom is -0.399 e. The highest BCUT2D eigenvalue weighted by Gasteiger charge is 2.62. The van der Waals surface area contributed by atoms with E-state index in [0.717, 1.165) is 6.42 Å². The van der Waals surface area contributed by atoms with E-state index in [9.17, 15) is 19.2 Å². The van der Waals surface area contributed by atoms with Crippen molar-refractivity contribution in [1.82, 2.24) is 10.2 Å². The van der Waals surface area contributed by atoms with Crippen LogP contribution < -0.4 is 11.1 Å². The second kappa shape index (κ2) is 5.66. The van der Waals surface area contributed by atoms with E-state index in [1.54, 1.807) is 17.1 Å². The molecular formula is C17H21N3O4. The van der Waals surface area contributed by atoms with Crippen molar-refractivity contribution in [2.75, 3.05) is 0 Å². The Balaban J connectivity index is 2.20. The lowest BCUT2D eigenvalue weighted by atomic mass is 9.75. The van der Waals surface area contributed by atoms with E-state index >= 15 is 0 Å². The molecule has 2 amide bonds. The number of nitrogens with one attached hydrogen (secondary N) is 1. The standard InChI is InChI=1S/C17H21N3O4/c1-9(21)13-4-3-5-14(10(2)22)20(13)17-8-11(18)6-7-12(17)15(23)19-16(17)24/h6-8,12-14H,3-5,18H2,1-2H3,(H,19,23,24). The predicted molar refractivity (Wildman–Crippen MR) is 85.4 cm³/mol. The van der Waals surface area contributed by atoms with Gasteiger partial charge in [0.1, 0.15) is 17.1 Å². The highest BCUT2D eigenvalue weighted by molar-refractivity contribution is 6.13. The molecule has 2 heterocycles. The van der Waals surface area contributed by atoms with Crippen molar-refractivity contribution in [3.05, 3.63) is 23.9 Å². The number of hydrogen-bond acceptors (Lipinski definition) is 6. The topological polar surface area (TPSA) is 110 Å². The van der Waals surface area contributed by atoms with Crippen LogP contribution in [-0.2, 0) is 19.2 Å². The summed E-state index contributed by atoms with van der Waals surface area (Å²) >= 11 is 0. The molecule has 3 rings (SSSR count). The maximum absolute atomic E-state index is 12.8. The third-order valence-corrected chi connectivity index (χ3v) is 5.22. The summed E-state index contributed by atoms with van der Waals surface area (Å²) in [6, 6.07) is -1.19. The van der Waals surface area contributed by atoms with Crippen molar-refractivity contribution in [3.8, 4) is 0 Å². The number of likely N-dealkylation sites (tertiary alicyclic amines) is 1. The van der Waals surface area contributed by atoms with E-state index in [1.165, 1.54) is 19.9 Å². The fourth-order valence-corrected chi connectivity index (χ4v) is 4.20. The monoisotopic (exact) mass is 331 g/mol. The molecule has 2 fully saturated rings. The van der Waals surface area contributed by atoms with E-state index < -0.39 is 35.4 Å². The van der Waals surface area contributed by atoms with Crippen molar-refractivity contribution in [1.29, 1.82) is 0 Å². The fraction of sp³-hybridized carbons (Fsp3) is 0.529. The second-order valence-electron chi connectivity index (χ2n) is 6.72. The maximum Gasteiger partial charge on any atom is 0.252 e. The van der Waals surface area contributed by atoms with Gasteiger partial charge in [0.25, 0.3) is 5.91 Å². The molecule has 0 aromatic rings. The summed E-state index contributed by atoms with van der Waals surface area (Å²) in [5.41, 5.74) is 4.85. The first-order valence-electron chi connectivity index (χ1n) is 8.10. The fourth-order valence-electron chi connectivity index (χ4n) is 4.20. The van der Waals surface area contributed by atoms with Gasteiger partial charge in [-0.3, -0.25) is 29.4 Å². The SMILES string of the molecule is CC(=O)C1CCCC(C(C)=O)N1C12C=C(N)C=CC1C(=O)NC2=O. The summed E-state index contributed by atoms with van der Waals surface area (Å²) in [6.07, 6.45) is 6.50. The Morgan fingerprint density at radius 3 is 2.33 bits per heavy atom. The first-order valence-corrected chi connectivity index (χ1v) is 8.10. The van der Waals surface area contributed by atoms with Crippen molar-refractivity contribution in [2.45, 2.75) is 50.7 Å². The Bertz CT molecular complexity index is 674. The van der Waals surface area contributed by atoms with Crippen LogP contribution in [-0.4, -0.2) is 45.9 Å². The van der Waals surface area contributed by atoms with E-state index in [-0.39, 0.29) is 11.6 Å². The van der Waals surface area contributed by atoms with Crippen molar-refractivity contribution in [3.63, 3.8) is 0 Å². The Labute approximate surface area is 139 Å². The Hall–Kier alpha value is -2.28. The number of carbonyl (C=O) groups is 4. The van der Waals surface area contributed by atoms with Crippen LogP contribution in [0.15, 0.2) is 23.9 Å². The van der Waals surface area contributed by atoms with Crippen molar-refractivity contribution in [2.24, 2.45) is 11.7 Å². The van der Waals surface area contributed by atoms with Crippen molar-refractivity contribution < 1.29 is 19.2 Å². The molecule has 2 aliphatic heterocycles. The molecule has 1 aliphatic carbocycles. The molecule has 7 nitrogen and oxygen atoms in total. The number of piperidine rings is 1. The lowest BCUT2D eigenvalue weighted by Crippen LogP contribution is -2.67. The number of allylic oxidation sites excluding steroid dienone is 1. The van der Waals surface area contributed by atoms with Gasteiger partial charge in [0.15, 0.2) is 0 Å². The van der Waals surface area contributed by atoms with Crippen molar-refractivity contribution >= 4 is 23.4 Å². The van der Waals surface area contributed by atoms with Crippen LogP contribution in [0.5, 0.6) is 0 Å². The number of nitrogens with zero attached hydrogens (tertiary/aromatic N) is 1. The zero-order chi connectivity index (χ0) is 17.6. The molecule has 4 atom stereocenters. The van der Waals surface area contributed by atoms with Crippen LogP contribution in [0.1, 0.15) is 33.1 Å². The molecule has 3 N–H and O–H groups in total. The maximum atomic E-state index is 12.8. The van der Waals surface area contributed by atoms with Gasteiger partial charge in [-0.15, -0.1) is 0 Å². The number of Topliss-reactive ketones (excluding diaryl/α,β-unsaturated/α-hetero) is 2. The highest BCUT2D eigenvalue weighted by Crippen LogP contribution is 2.42. The lowest BCUT2D eigenvalue weighted by Gasteiger charge is -2.50. The third-order valence-electron chi connectivity index (χ3n) is 5.22. The predicted octanol–water partition coefficient (Wildman–Crippen LogP) is -0.189. The van der Waals surface area contributed by atoms with Gasteiger partial charge in [0.05, 0.1) is 18.0 Å². The molecular weight excluding hydrogens is 310 g/mol. The summed E-state index contributed by atoms with van der Waals surface area (Å²) < 4.78 is 0. The molecule has 2 saturated heterocycles. The zero-order valence-electron chi connectivity index (χ0n) is 13.7. The largest absolute Gasteiger partial charge is 0.399 e. The summed E-state index contributed by atoms with van der Waals surface area (Å²) in [4.78, 5) is 51.2. The van der Waals surface area contributed by atoms with Crippen LogP contribution >= 0.6 is 0 Å². The van der Waals surface area contributed by atoms with Crippen LogP contribution in [0.25, 0.3) is 0 Å². The van der Waals surface area contributed by atoms with Crippen LogP contribution in [0, 0.1) is 5.92 Å². The van der Waals surface area contributed by atoms with Gasteiger partial charge >= 0.3 is 0 Å². The average molecular weight is 331 g/mol. The number of hydrogen-bond donors (Lipinski definition) is 2. The van der Waals surface area contributed by atoms with Crippen LogP contribution in [0.3, 0.4) is 0 Å². The molecule has 0 bridgehead atoms. The summed E-state index contributed by atoms with van der Waals surface area (Å²) in [5, 5.41) is 2.34. The Morgan fingerprint density at radius 2 is 1.79 bits per heavy atom. The molecule has 7 heteroatoms. The third kappa shape index (κ3) is 2.23. The number of fused-ring (bicyclic) bond motifs is 1. The van der Waals surface area contributed by atoms with E-state index in [1.807, 2.05) is 0 Å². The number of imide groups is 1. The first kappa shape index (κ1) is 16.6. The number of carbonyl (C=O) groups excluding carboxylic acids is 4. The molecule has 128 valence electrons. The van der Waals surface area contributed by atoms with Gasteiger partial charge in [-0.2, -0.15) is 0 Å². The first-order chi connectivity index (χ1) is 11.3. The summed E-state index contributed by atoms with van der Waals surface area (Å²) in [7, 11) is 0. The molecule has 0 saturated carbocycles. The minimum atomic E-state index is -1.41. The zero-order valence-corrected chi connectivity index (χ0v) is 13.7. The van der Waals surface area contributed by atoms with E-state index in [4.69, 9.17) is 5.73 Å². The van der Waals surface area contributed by atoms with Gasteiger partial charge < -0.3 is 5.73 Å². The number of ketones is 2. The van der Waals surface area contributed by atoms with E-state index in [2.05, 4.69) is 5.32 Å². The number of amides is 2. The van der Waals surface area contributed by atoms with Crippen LogP contribution in [0.2, 0.25) is 0 Å². The summed E-state index contributed by atoms with van der Waals surface area (Å²) in [5.74, 6) is -2.00. The normalized spacial score (nSPS) is 36.1. The van der Waals surface area contributed by atoms with Gasteiger partial charge in [-0.05, 0) is 45.3 Å². The number of nitrogens with two attached hydrogens (primary N) is 1. The Kier molecular flexibility index (Phi) is 3.91. The molecule has 0 radical (unpaired) electrons. The lowest BCUT2D eigenvalue weighted by molar-refractivity contribution is -0.144. The van der Waals surface area contributed by atoms with Gasteiger partial charge in [0, 0.05) is 5.70 Å². The second-order valence-corrected chi connectivity index (χ2v) is 6.72. The average Bonchev–Trinajstić information content (AvgIpc) is 2.77. The smallest absolute Gasteiger partial charge is 0.252 e. The molecule has 4 unspecified atom stereocenters. The highest BCUT2D eigenvalue weighted by atomic mass is 16.2. The molecule has 0 spiro atoms.